The first-order valence-corrected chi connectivity index (χ1v) is 9.80. The van der Waals surface area contributed by atoms with Gasteiger partial charge in [0.15, 0.2) is 6.61 Å². The van der Waals surface area contributed by atoms with Crippen LogP contribution in [-0.4, -0.2) is 44.3 Å². The summed E-state index contributed by atoms with van der Waals surface area (Å²) >= 11 is 0. The highest BCUT2D eigenvalue weighted by molar-refractivity contribution is 6.06. The molecule has 1 aliphatic heterocycles. The van der Waals surface area contributed by atoms with Gasteiger partial charge in [-0.1, -0.05) is 12.1 Å². The summed E-state index contributed by atoms with van der Waals surface area (Å²) in [4.78, 5) is 24.1. The molecule has 0 radical (unpaired) electrons. The molecule has 1 saturated heterocycles. The summed E-state index contributed by atoms with van der Waals surface area (Å²) in [7, 11) is 0. The highest BCUT2D eigenvalue weighted by Crippen LogP contribution is 2.22. The summed E-state index contributed by atoms with van der Waals surface area (Å²) in [6, 6.07) is 14.0. The standard InChI is InChI=1S/C22H26N2O5/c1-2-23-21(25)15-28-17-11-9-16(10-12-17)24-22(26)19-7-3-4-8-20(19)29-14-18-6-5-13-27-18/h3-4,7-12,18H,2,5-6,13-15H2,1H3,(H,23,25)(H,24,26). The predicted octanol–water partition coefficient (Wildman–Crippen LogP) is 3.01. The SMILES string of the molecule is CCNC(=O)COc1ccc(NC(=O)c2ccccc2OCC2CCCO2)cc1. The first kappa shape index (κ1) is 20.7. The van der Waals surface area contributed by atoms with Gasteiger partial charge in [-0.25, -0.2) is 0 Å². The van der Waals surface area contributed by atoms with Gasteiger partial charge in [-0.05, 0) is 56.2 Å². The number of ether oxygens (including phenoxy) is 3. The van der Waals surface area contributed by atoms with Gasteiger partial charge in [0.1, 0.15) is 18.1 Å². The van der Waals surface area contributed by atoms with Crippen molar-refractivity contribution in [2.24, 2.45) is 0 Å². The number of hydrogen-bond donors (Lipinski definition) is 2. The van der Waals surface area contributed by atoms with E-state index in [-0.39, 0.29) is 24.5 Å². The Bertz CT molecular complexity index is 816. The number of amides is 2. The van der Waals surface area contributed by atoms with Crippen molar-refractivity contribution < 1.29 is 23.8 Å². The highest BCUT2D eigenvalue weighted by Gasteiger charge is 2.18. The second-order valence-electron chi connectivity index (χ2n) is 6.66. The Labute approximate surface area is 170 Å². The maximum atomic E-state index is 12.7. The molecular formula is C22H26N2O5. The fourth-order valence-corrected chi connectivity index (χ4v) is 2.97. The Kier molecular flexibility index (Phi) is 7.47. The third-order valence-electron chi connectivity index (χ3n) is 4.44. The minimum atomic E-state index is -0.260. The van der Waals surface area contributed by atoms with Crippen molar-refractivity contribution in [3.63, 3.8) is 0 Å². The average molecular weight is 398 g/mol. The third-order valence-corrected chi connectivity index (χ3v) is 4.44. The van der Waals surface area contributed by atoms with Crippen LogP contribution in [0.4, 0.5) is 5.69 Å². The molecule has 0 bridgehead atoms. The maximum Gasteiger partial charge on any atom is 0.259 e. The minimum Gasteiger partial charge on any atom is -0.490 e. The van der Waals surface area contributed by atoms with Gasteiger partial charge in [-0.3, -0.25) is 9.59 Å². The van der Waals surface area contributed by atoms with Crippen molar-refractivity contribution in [2.45, 2.75) is 25.9 Å². The smallest absolute Gasteiger partial charge is 0.259 e. The van der Waals surface area contributed by atoms with Gasteiger partial charge in [-0.2, -0.15) is 0 Å². The van der Waals surface area contributed by atoms with Crippen LogP contribution in [0, 0.1) is 0 Å². The second kappa shape index (κ2) is 10.5. The Morgan fingerprint density at radius 2 is 1.90 bits per heavy atom. The van der Waals surface area contributed by atoms with Gasteiger partial charge >= 0.3 is 0 Å². The number of hydrogen-bond acceptors (Lipinski definition) is 5. The molecule has 1 heterocycles. The van der Waals surface area contributed by atoms with Crippen LogP contribution in [0.5, 0.6) is 11.5 Å². The average Bonchev–Trinajstić information content (AvgIpc) is 3.26. The second-order valence-corrected chi connectivity index (χ2v) is 6.66. The van der Waals surface area contributed by atoms with E-state index in [1.54, 1.807) is 42.5 Å². The zero-order valence-electron chi connectivity index (χ0n) is 16.5. The van der Waals surface area contributed by atoms with Crippen molar-refractivity contribution in [1.82, 2.24) is 5.32 Å². The summed E-state index contributed by atoms with van der Waals surface area (Å²) in [5.74, 6) is 0.644. The molecule has 2 aromatic carbocycles. The molecule has 0 saturated carbocycles. The fourth-order valence-electron chi connectivity index (χ4n) is 2.97. The Balaban J connectivity index is 1.56. The molecule has 1 aliphatic rings. The maximum absolute atomic E-state index is 12.7. The van der Waals surface area contributed by atoms with Gasteiger partial charge in [0.25, 0.3) is 11.8 Å². The summed E-state index contributed by atoms with van der Waals surface area (Å²) in [5, 5.41) is 5.52. The minimum absolute atomic E-state index is 0.0467. The third kappa shape index (κ3) is 6.22. The van der Waals surface area contributed by atoms with E-state index in [1.165, 1.54) is 0 Å². The van der Waals surface area contributed by atoms with E-state index < -0.39 is 0 Å². The molecule has 29 heavy (non-hydrogen) atoms. The lowest BCUT2D eigenvalue weighted by molar-refractivity contribution is -0.122. The fraction of sp³-hybridized carbons (Fsp3) is 0.364. The lowest BCUT2D eigenvalue weighted by Crippen LogP contribution is -2.28. The molecule has 1 atom stereocenters. The van der Waals surface area contributed by atoms with Crippen molar-refractivity contribution in [2.75, 3.05) is 31.7 Å². The van der Waals surface area contributed by atoms with Crippen LogP contribution >= 0.6 is 0 Å². The van der Waals surface area contributed by atoms with E-state index >= 15 is 0 Å². The van der Waals surface area contributed by atoms with E-state index in [1.807, 2.05) is 13.0 Å². The summed E-state index contributed by atoms with van der Waals surface area (Å²) < 4.78 is 16.8. The molecule has 0 aromatic heterocycles. The molecule has 3 rings (SSSR count). The summed E-state index contributed by atoms with van der Waals surface area (Å²) in [6.07, 6.45) is 2.10. The van der Waals surface area contributed by atoms with Gasteiger partial charge in [0.2, 0.25) is 0 Å². The zero-order chi connectivity index (χ0) is 20.5. The van der Waals surface area contributed by atoms with Crippen molar-refractivity contribution in [3.8, 4) is 11.5 Å². The molecule has 154 valence electrons. The number of carbonyl (C=O) groups excluding carboxylic acids is 2. The number of para-hydroxylation sites is 1. The predicted molar refractivity (Wildman–Crippen MR) is 109 cm³/mol. The Morgan fingerprint density at radius 3 is 2.62 bits per heavy atom. The van der Waals surface area contributed by atoms with E-state index in [0.717, 1.165) is 19.4 Å². The molecule has 7 nitrogen and oxygen atoms in total. The van der Waals surface area contributed by atoms with Crippen LogP contribution < -0.4 is 20.1 Å². The monoisotopic (exact) mass is 398 g/mol. The molecule has 2 aromatic rings. The van der Waals surface area contributed by atoms with Gasteiger partial charge in [-0.15, -0.1) is 0 Å². The molecule has 0 aliphatic carbocycles. The number of nitrogens with one attached hydrogen (secondary N) is 2. The number of carbonyl (C=O) groups is 2. The molecule has 2 amide bonds. The van der Waals surface area contributed by atoms with Gasteiger partial charge in [0, 0.05) is 18.8 Å². The van der Waals surface area contributed by atoms with Crippen molar-refractivity contribution in [3.05, 3.63) is 54.1 Å². The molecule has 1 fully saturated rings. The number of benzene rings is 2. The van der Waals surface area contributed by atoms with Crippen molar-refractivity contribution in [1.29, 1.82) is 0 Å². The van der Waals surface area contributed by atoms with Crippen LogP contribution in [0.1, 0.15) is 30.1 Å². The van der Waals surface area contributed by atoms with Gasteiger partial charge < -0.3 is 24.8 Å². The lowest BCUT2D eigenvalue weighted by atomic mass is 10.1. The number of anilines is 1. The molecule has 1 unspecified atom stereocenters. The van der Waals surface area contributed by atoms with E-state index in [4.69, 9.17) is 14.2 Å². The molecule has 2 N–H and O–H groups in total. The van der Waals surface area contributed by atoms with Gasteiger partial charge in [0.05, 0.1) is 11.7 Å². The highest BCUT2D eigenvalue weighted by atomic mass is 16.5. The zero-order valence-corrected chi connectivity index (χ0v) is 16.5. The van der Waals surface area contributed by atoms with Crippen LogP contribution in [0.3, 0.4) is 0 Å². The number of rotatable bonds is 9. The molecular weight excluding hydrogens is 372 g/mol. The Morgan fingerprint density at radius 1 is 1.10 bits per heavy atom. The van der Waals surface area contributed by atoms with E-state index in [0.29, 0.717) is 35.9 Å². The lowest BCUT2D eigenvalue weighted by Gasteiger charge is -2.14. The molecule has 0 spiro atoms. The first-order valence-electron chi connectivity index (χ1n) is 9.80. The van der Waals surface area contributed by atoms with Crippen LogP contribution in [0.25, 0.3) is 0 Å². The van der Waals surface area contributed by atoms with E-state index in [9.17, 15) is 9.59 Å². The summed E-state index contributed by atoms with van der Waals surface area (Å²) in [6.45, 7) is 3.56. The van der Waals surface area contributed by atoms with E-state index in [2.05, 4.69) is 10.6 Å². The quantitative estimate of drug-likeness (QED) is 0.678. The van der Waals surface area contributed by atoms with Crippen LogP contribution in [-0.2, 0) is 9.53 Å². The number of likely N-dealkylation sites (N-methyl/N-ethyl adjacent to an activating group) is 1. The first-order chi connectivity index (χ1) is 14.2. The van der Waals surface area contributed by atoms with Crippen molar-refractivity contribution >= 4 is 17.5 Å². The Hall–Kier alpha value is -3.06. The van der Waals surface area contributed by atoms with Crippen LogP contribution in [0.15, 0.2) is 48.5 Å². The largest absolute Gasteiger partial charge is 0.490 e. The molecule has 7 heteroatoms. The topological polar surface area (TPSA) is 85.9 Å². The van der Waals surface area contributed by atoms with Crippen LogP contribution in [0.2, 0.25) is 0 Å². The summed E-state index contributed by atoms with van der Waals surface area (Å²) in [5.41, 5.74) is 1.08. The normalized spacial score (nSPS) is 15.6.